The minimum absolute atomic E-state index is 0.163. The average Bonchev–Trinajstić information content (AvgIpc) is 3.61. The van der Waals surface area contributed by atoms with E-state index in [0.29, 0.717) is 5.69 Å². The molecular weight excluding hydrogens is 560 g/mol. The summed E-state index contributed by atoms with van der Waals surface area (Å²) in [6.07, 6.45) is 2.07. The Hall–Kier alpha value is -6.05. The molecule has 46 heavy (non-hydrogen) atoms. The summed E-state index contributed by atoms with van der Waals surface area (Å²) < 4.78 is 2.14. The van der Waals surface area contributed by atoms with E-state index in [2.05, 4.69) is 126 Å². The van der Waals surface area contributed by atoms with Gasteiger partial charge in [0.25, 0.3) is 0 Å². The van der Waals surface area contributed by atoms with Crippen molar-refractivity contribution in [3.05, 3.63) is 156 Å². The van der Waals surface area contributed by atoms with Crippen LogP contribution in [0.3, 0.4) is 0 Å². The van der Waals surface area contributed by atoms with Crippen LogP contribution in [0.25, 0.3) is 77.1 Å². The molecule has 0 N–H and O–H groups in total. The van der Waals surface area contributed by atoms with E-state index in [-0.39, 0.29) is 5.41 Å². The van der Waals surface area contributed by atoms with Gasteiger partial charge in [0.15, 0.2) is 5.69 Å². The summed E-state index contributed by atoms with van der Waals surface area (Å²) in [5.74, 6) is 0. The van der Waals surface area contributed by atoms with Gasteiger partial charge >= 0.3 is 0 Å². The fourth-order valence-electron chi connectivity index (χ4n) is 7.21. The topological polar surface area (TPSA) is 34.5 Å². The van der Waals surface area contributed by atoms with Gasteiger partial charge in [-0.3, -0.25) is 4.40 Å². The smallest absolute Gasteiger partial charge is 0.187 e. The predicted octanol–water partition coefficient (Wildman–Crippen LogP) is 10.9. The maximum absolute atomic E-state index is 7.48. The molecule has 0 bridgehead atoms. The normalized spacial score (nSPS) is 13.2. The molecule has 8 aromatic rings. The van der Waals surface area contributed by atoms with Gasteiger partial charge in [0.2, 0.25) is 0 Å². The Morgan fingerprint density at radius 3 is 2.02 bits per heavy atom. The average molecular weight is 589 g/mol. The molecule has 0 fully saturated rings. The quantitative estimate of drug-likeness (QED) is 0.192. The fourth-order valence-corrected chi connectivity index (χ4v) is 7.21. The minimum atomic E-state index is -0.163. The van der Waals surface area contributed by atoms with Gasteiger partial charge in [-0.25, -0.2) is 14.8 Å². The van der Waals surface area contributed by atoms with E-state index in [1.807, 2.05) is 30.3 Å². The van der Waals surface area contributed by atoms with Gasteiger partial charge in [0.05, 0.1) is 23.3 Å². The number of hydrogen-bond donors (Lipinski definition) is 0. The van der Waals surface area contributed by atoms with Crippen LogP contribution in [0.2, 0.25) is 0 Å². The molecule has 0 unspecified atom stereocenters. The van der Waals surface area contributed by atoms with Crippen LogP contribution < -0.4 is 0 Å². The van der Waals surface area contributed by atoms with E-state index < -0.39 is 0 Å². The molecule has 0 aliphatic heterocycles. The Balaban J connectivity index is 1.12. The van der Waals surface area contributed by atoms with E-state index in [1.165, 1.54) is 33.4 Å². The first-order chi connectivity index (χ1) is 22.5. The van der Waals surface area contributed by atoms with E-state index in [9.17, 15) is 0 Å². The van der Waals surface area contributed by atoms with Crippen molar-refractivity contribution in [2.24, 2.45) is 0 Å². The lowest BCUT2D eigenvalue weighted by Crippen LogP contribution is -2.14. The third-order valence-corrected chi connectivity index (χ3v) is 9.63. The van der Waals surface area contributed by atoms with Crippen LogP contribution in [0.1, 0.15) is 25.0 Å². The summed E-state index contributed by atoms with van der Waals surface area (Å²) in [5, 5.41) is 1.04. The van der Waals surface area contributed by atoms with Gasteiger partial charge in [0, 0.05) is 22.6 Å². The summed E-state index contributed by atoms with van der Waals surface area (Å²) in [6, 6.07) is 44.7. The highest BCUT2D eigenvalue weighted by Gasteiger charge is 2.35. The van der Waals surface area contributed by atoms with Crippen molar-refractivity contribution < 1.29 is 0 Å². The number of fused-ring (bicyclic) bond motifs is 8. The molecule has 9 rings (SSSR count). The minimum Gasteiger partial charge on any atom is -0.298 e. The van der Waals surface area contributed by atoms with E-state index in [0.717, 1.165) is 50.0 Å². The van der Waals surface area contributed by atoms with Crippen molar-refractivity contribution in [3.63, 3.8) is 0 Å². The summed E-state index contributed by atoms with van der Waals surface area (Å²) in [7, 11) is 0. The van der Waals surface area contributed by atoms with Crippen molar-refractivity contribution in [1.82, 2.24) is 14.4 Å². The van der Waals surface area contributed by atoms with Crippen molar-refractivity contribution >= 4 is 33.3 Å². The lowest BCUT2D eigenvalue weighted by molar-refractivity contribution is 0.661. The van der Waals surface area contributed by atoms with Crippen molar-refractivity contribution in [2.75, 3.05) is 0 Å². The standard InChI is InChI=1S/C42H28N4/c1-42(2)35-24-30(16-19-32(35)33-20-18-31(43-3)25-36(33)42)27-14-12-26(13-15-27)29-17-21-37-34(23-29)40-41(46-22-8-7-11-38(46)45-40)39(44-37)28-9-5-4-6-10-28/h4-25H,1-2H3. The first kappa shape index (κ1) is 26.4. The van der Waals surface area contributed by atoms with Gasteiger partial charge in [-0.1, -0.05) is 111 Å². The maximum atomic E-state index is 7.48. The molecule has 0 radical (unpaired) electrons. The molecule has 3 aromatic heterocycles. The van der Waals surface area contributed by atoms with Gasteiger partial charge in [-0.2, -0.15) is 0 Å². The molecule has 0 saturated carbocycles. The Morgan fingerprint density at radius 1 is 0.609 bits per heavy atom. The van der Waals surface area contributed by atoms with Gasteiger partial charge in [-0.15, -0.1) is 0 Å². The summed E-state index contributed by atoms with van der Waals surface area (Å²) in [5.41, 5.74) is 16.0. The zero-order valence-corrected chi connectivity index (χ0v) is 25.5. The molecule has 5 aromatic carbocycles. The third kappa shape index (κ3) is 3.85. The highest BCUT2D eigenvalue weighted by Crippen LogP contribution is 2.50. The highest BCUT2D eigenvalue weighted by molar-refractivity contribution is 6.10. The molecule has 0 amide bonds. The van der Waals surface area contributed by atoms with E-state index in [4.69, 9.17) is 16.5 Å². The van der Waals surface area contributed by atoms with Crippen LogP contribution in [0.4, 0.5) is 5.69 Å². The highest BCUT2D eigenvalue weighted by atomic mass is 15.0. The number of benzene rings is 5. The van der Waals surface area contributed by atoms with Gasteiger partial charge < -0.3 is 0 Å². The predicted molar refractivity (Wildman–Crippen MR) is 188 cm³/mol. The SMILES string of the molecule is [C-]#[N+]c1ccc2c(c1)C(C)(C)c1cc(-c3ccc(-c4ccc5nc(-c6ccccc6)c6c(nc7ccccn76)c5c4)cc3)ccc1-2. The molecule has 4 nitrogen and oxygen atoms in total. The maximum Gasteiger partial charge on any atom is 0.187 e. The number of rotatable bonds is 3. The monoisotopic (exact) mass is 588 g/mol. The second-order valence-corrected chi connectivity index (χ2v) is 12.6. The Morgan fingerprint density at radius 2 is 1.26 bits per heavy atom. The Labute approximate surface area is 267 Å². The zero-order chi connectivity index (χ0) is 31.0. The van der Waals surface area contributed by atoms with E-state index in [1.54, 1.807) is 0 Å². The molecule has 0 atom stereocenters. The number of imidazole rings is 1. The van der Waals surface area contributed by atoms with Crippen molar-refractivity contribution in [2.45, 2.75) is 19.3 Å². The third-order valence-electron chi connectivity index (χ3n) is 9.63. The molecule has 3 heterocycles. The fraction of sp³-hybridized carbons (Fsp3) is 0.0714. The summed E-state index contributed by atoms with van der Waals surface area (Å²) in [6.45, 7) is 12.0. The van der Waals surface area contributed by atoms with Crippen LogP contribution in [-0.2, 0) is 5.41 Å². The largest absolute Gasteiger partial charge is 0.298 e. The first-order valence-electron chi connectivity index (χ1n) is 15.5. The number of hydrogen-bond acceptors (Lipinski definition) is 2. The number of pyridine rings is 2. The Kier molecular flexibility index (Phi) is 5.57. The molecule has 4 heteroatoms. The molecule has 0 saturated heterocycles. The molecule has 1 aliphatic rings. The van der Waals surface area contributed by atoms with Crippen LogP contribution in [-0.4, -0.2) is 14.4 Å². The zero-order valence-electron chi connectivity index (χ0n) is 25.5. The molecule has 0 spiro atoms. The van der Waals surface area contributed by atoms with Crippen molar-refractivity contribution in [1.29, 1.82) is 0 Å². The van der Waals surface area contributed by atoms with E-state index >= 15 is 0 Å². The first-order valence-corrected chi connectivity index (χ1v) is 15.5. The molecule has 1 aliphatic carbocycles. The van der Waals surface area contributed by atoms with Gasteiger partial charge in [0.1, 0.15) is 11.2 Å². The second-order valence-electron chi connectivity index (χ2n) is 12.6. The second kappa shape index (κ2) is 9.72. The van der Waals surface area contributed by atoms with Crippen molar-refractivity contribution in [3.8, 4) is 44.6 Å². The van der Waals surface area contributed by atoms with Crippen LogP contribution in [0, 0.1) is 6.57 Å². The van der Waals surface area contributed by atoms with Crippen LogP contribution in [0.5, 0.6) is 0 Å². The molecule has 216 valence electrons. The summed E-state index contributed by atoms with van der Waals surface area (Å²) in [4.78, 5) is 13.9. The van der Waals surface area contributed by atoms with Crippen LogP contribution in [0.15, 0.2) is 134 Å². The van der Waals surface area contributed by atoms with Gasteiger partial charge in [-0.05, 0) is 74.8 Å². The molecular formula is C42H28N4. The summed E-state index contributed by atoms with van der Waals surface area (Å²) >= 11 is 0. The lowest BCUT2D eigenvalue weighted by atomic mass is 9.81. The van der Waals surface area contributed by atoms with Crippen LogP contribution >= 0.6 is 0 Å². The number of nitrogens with zero attached hydrogens (tertiary/aromatic N) is 4. The Bertz CT molecular complexity index is 2550. The lowest BCUT2D eigenvalue weighted by Gasteiger charge is -2.22. The number of aromatic nitrogens is 3.